The fourth-order valence-electron chi connectivity index (χ4n) is 2.88. The van der Waals surface area contributed by atoms with E-state index in [1.807, 2.05) is 6.20 Å². The van der Waals surface area contributed by atoms with Crippen molar-refractivity contribution in [3.05, 3.63) is 29.6 Å². The number of H-pyrrole nitrogens is 2. The Kier molecular flexibility index (Phi) is 3.32. The summed E-state index contributed by atoms with van der Waals surface area (Å²) in [7, 11) is 1.67. The minimum absolute atomic E-state index is 0.388. The lowest BCUT2D eigenvalue weighted by Crippen LogP contribution is -2.14. The van der Waals surface area contributed by atoms with Crippen LogP contribution in [0.5, 0.6) is 6.01 Å². The van der Waals surface area contributed by atoms with Crippen LogP contribution in [0.1, 0.15) is 50.8 Å². The Hall–Kier alpha value is -2.10. The van der Waals surface area contributed by atoms with E-state index in [1.54, 1.807) is 7.11 Å². The number of ether oxygens (including phenoxy) is 1. The Balaban J connectivity index is 2.48. The molecule has 0 unspecified atom stereocenters. The SMILES string of the molecule is COc1[nH]c(C(C)C)c2ccc3ncc(C(C)C)c3c2[nH+]1. The number of aromatic amines is 2. The quantitative estimate of drug-likeness (QED) is 0.795. The molecule has 0 aliphatic heterocycles. The van der Waals surface area contributed by atoms with E-state index < -0.39 is 0 Å². The lowest BCUT2D eigenvalue weighted by atomic mass is 9.98. The zero-order valence-corrected chi connectivity index (χ0v) is 13.2. The molecule has 2 heterocycles. The molecule has 110 valence electrons. The van der Waals surface area contributed by atoms with Crippen LogP contribution in [0.15, 0.2) is 18.3 Å². The van der Waals surface area contributed by atoms with Gasteiger partial charge in [-0.3, -0.25) is 4.98 Å². The van der Waals surface area contributed by atoms with Crippen LogP contribution in [-0.2, 0) is 0 Å². The van der Waals surface area contributed by atoms with Gasteiger partial charge in [0, 0.05) is 12.1 Å². The number of rotatable bonds is 3. The number of nitrogens with zero attached hydrogens (tertiary/aromatic N) is 1. The molecule has 1 aromatic carbocycles. The van der Waals surface area contributed by atoms with Crippen LogP contribution in [0.4, 0.5) is 0 Å². The Bertz CT molecular complexity index is 803. The molecule has 3 aromatic rings. The first-order valence-electron chi connectivity index (χ1n) is 7.43. The molecule has 0 atom stereocenters. The summed E-state index contributed by atoms with van der Waals surface area (Å²) >= 11 is 0. The van der Waals surface area contributed by atoms with Crippen molar-refractivity contribution in [3.8, 4) is 6.01 Å². The van der Waals surface area contributed by atoms with Gasteiger partial charge in [0.25, 0.3) is 0 Å². The molecule has 0 radical (unpaired) electrons. The van der Waals surface area contributed by atoms with Gasteiger partial charge in [0.05, 0.1) is 23.4 Å². The third-order valence-corrected chi connectivity index (χ3v) is 4.00. The van der Waals surface area contributed by atoms with Crippen molar-refractivity contribution in [2.45, 2.75) is 39.5 Å². The molecule has 0 aliphatic carbocycles. The van der Waals surface area contributed by atoms with Gasteiger partial charge >= 0.3 is 6.01 Å². The highest BCUT2D eigenvalue weighted by molar-refractivity contribution is 6.05. The molecular weight excluding hydrogens is 262 g/mol. The first-order chi connectivity index (χ1) is 10.0. The van der Waals surface area contributed by atoms with E-state index in [0.29, 0.717) is 17.8 Å². The molecule has 0 saturated heterocycles. The van der Waals surface area contributed by atoms with Gasteiger partial charge in [-0.05, 0) is 23.6 Å². The van der Waals surface area contributed by atoms with E-state index >= 15 is 0 Å². The minimum atomic E-state index is 0.388. The van der Waals surface area contributed by atoms with Crippen molar-refractivity contribution < 1.29 is 9.72 Å². The minimum Gasteiger partial charge on any atom is -0.434 e. The Labute approximate surface area is 124 Å². The molecule has 4 nitrogen and oxygen atoms in total. The van der Waals surface area contributed by atoms with E-state index in [4.69, 9.17) is 4.74 Å². The summed E-state index contributed by atoms with van der Waals surface area (Å²) in [5.74, 6) is 0.825. The average Bonchev–Trinajstić information content (AvgIpc) is 2.90. The van der Waals surface area contributed by atoms with E-state index in [0.717, 1.165) is 11.0 Å². The lowest BCUT2D eigenvalue weighted by Gasteiger charge is -2.09. The van der Waals surface area contributed by atoms with Crippen LogP contribution in [0.2, 0.25) is 0 Å². The molecule has 0 aliphatic rings. The van der Waals surface area contributed by atoms with E-state index in [2.05, 4.69) is 54.8 Å². The number of hydrogen-bond acceptors (Lipinski definition) is 2. The first-order valence-corrected chi connectivity index (χ1v) is 7.43. The third kappa shape index (κ3) is 2.15. The molecule has 0 spiro atoms. The Morgan fingerprint density at radius 3 is 2.52 bits per heavy atom. The standard InChI is InChI=1S/C17H21N3O/c1-9(2)12-8-18-13-7-6-11-15(10(3)4)19-17(21-5)20-16(11)14(12)13/h6-10H,1-5H3,(H,19,20)/p+1. The topological polar surface area (TPSA) is 52.0 Å². The van der Waals surface area contributed by atoms with Crippen LogP contribution < -0.4 is 9.72 Å². The monoisotopic (exact) mass is 284 g/mol. The molecule has 0 fully saturated rings. The summed E-state index contributed by atoms with van der Waals surface area (Å²) < 4.78 is 5.41. The molecule has 2 N–H and O–H groups in total. The lowest BCUT2D eigenvalue weighted by molar-refractivity contribution is -0.366. The normalized spacial score (nSPS) is 12.0. The van der Waals surface area contributed by atoms with E-state index in [9.17, 15) is 0 Å². The van der Waals surface area contributed by atoms with Gasteiger partial charge < -0.3 is 4.74 Å². The summed E-state index contributed by atoms with van der Waals surface area (Å²) in [6, 6.07) is 4.91. The second-order valence-corrected chi connectivity index (χ2v) is 6.10. The maximum absolute atomic E-state index is 5.41. The van der Waals surface area contributed by atoms with Crippen molar-refractivity contribution in [1.29, 1.82) is 0 Å². The van der Waals surface area contributed by atoms with Crippen molar-refractivity contribution in [1.82, 2.24) is 9.97 Å². The number of methoxy groups -OCH3 is 1. The van der Waals surface area contributed by atoms with Gasteiger partial charge in [-0.15, -0.1) is 0 Å². The van der Waals surface area contributed by atoms with Crippen molar-refractivity contribution in [3.63, 3.8) is 0 Å². The number of benzene rings is 1. The molecule has 0 saturated carbocycles. The molecule has 0 amide bonds. The van der Waals surface area contributed by atoms with Crippen LogP contribution in [0, 0.1) is 0 Å². The third-order valence-electron chi connectivity index (χ3n) is 4.00. The predicted octanol–water partition coefficient (Wildman–Crippen LogP) is 3.79. The Morgan fingerprint density at radius 2 is 1.90 bits per heavy atom. The van der Waals surface area contributed by atoms with Crippen LogP contribution in [0.3, 0.4) is 0 Å². The summed E-state index contributed by atoms with van der Waals surface area (Å²) in [6.45, 7) is 8.76. The Morgan fingerprint density at radius 1 is 1.14 bits per heavy atom. The number of aromatic nitrogens is 3. The van der Waals surface area contributed by atoms with Crippen LogP contribution >= 0.6 is 0 Å². The summed E-state index contributed by atoms with van der Waals surface area (Å²) in [4.78, 5) is 11.3. The van der Waals surface area contributed by atoms with E-state index in [1.165, 1.54) is 22.0 Å². The van der Waals surface area contributed by atoms with Crippen molar-refractivity contribution in [2.75, 3.05) is 7.11 Å². The van der Waals surface area contributed by atoms with Crippen molar-refractivity contribution in [2.24, 2.45) is 0 Å². The smallest absolute Gasteiger partial charge is 0.434 e. The van der Waals surface area contributed by atoms with E-state index in [-0.39, 0.29) is 0 Å². The summed E-state index contributed by atoms with van der Waals surface area (Å²) in [5, 5.41) is 2.41. The van der Waals surface area contributed by atoms with Gasteiger partial charge in [0.1, 0.15) is 11.2 Å². The molecule has 3 rings (SSSR count). The summed E-state index contributed by atoms with van der Waals surface area (Å²) in [5.41, 5.74) is 4.59. The zero-order valence-electron chi connectivity index (χ0n) is 13.2. The molecule has 21 heavy (non-hydrogen) atoms. The first kappa shape index (κ1) is 13.9. The van der Waals surface area contributed by atoms with Gasteiger partial charge in [-0.25, -0.2) is 9.97 Å². The molecular formula is C17H22N3O+. The number of hydrogen-bond donors (Lipinski definition) is 1. The maximum atomic E-state index is 5.41. The molecule has 4 heteroatoms. The highest BCUT2D eigenvalue weighted by Crippen LogP contribution is 2.32. The van der Waals surface area contributed by atoms with Gasteiger partial charge in [-0.1, -0.05) is 27.7 Å². The predicted molar refractivity (Wildman–Crippen MR) is 84.9 cm³/mol. The number of fused-ring (bicyclic) bond motifs is 3. The van der Waals surface area contributed by atoms with Crippen LogP contribution in [0.25, 0.3) is 21.8 Å². The highest BCUT2D eigenvalue weighted by Gasteiger charge is 2.20. The fourth-order valence-corrected chi connectivity index (χ4v) is 2.88. The summed E-state index contributed by atoms with van der Waals surface area (Å²) in [6.07, 6.45) is 1.99. The fraction of sp³-hybridized carbons (Fsp3) is 0.412. The maximum Gasteiger partial charge on any atom is 0.451 e. The largest absolute Gasteiger partial charge is 0.451 e. The van der Waals surface area contributed by atoms with Gasteiger partial charge in [0.15, 0.2) is 0 Å². The van der Waals surface area contributed by atoms with Gasteiger partial charge in [-0.2, -0.15) is 0 Å². The van der Waals surface area contributed by atoms with Crippen molar-refractivity contribution >= 4 is 21.8 Å². The zero-order chi connectivity index (χ0) is 15.1. The molecule has 0 bridgehead atoms. The highest BCUT2D eigenvalue weighted by atomic mass is 16.5. The number of nitrogens with one attached hydrogen (secondary N) is 2. The van der Waals surface area contributed by atoms with Crippen LogP contribution in [-0.4, -0.2) is 17.1 Å². The second-order valence-electron chi connectivity index (χ2n) is 6.10. The van der Waals surface area contributed by atoms with Gasteiger partial charge in [0.2, 0.25) is 0 Å². The molecule has 2 aromatic heterocycles. The second kappa shape index (κ2) is 5.02. The average molecular weight is 284 g/mol.